The van der Waals surface area contributed by atoms with Crippen LogP contribution in [0.2, 0.25) is 0 Å². The number of nitriles is 1. The van der Waals surface area contributed by atoms with Crippen molar-refractivity contribution in [1.82, 2.24) is 14.4 Å². The molecule has 0 spiro atoms. The molecule has 31 heavy (non-hydrogen) atoms. The van der Waals surface area contributed by atoms with Crippen LogP contribution in [0.1, 0.15) is 43.4 Å². The summed E-state index contributed by atoms with van der Waals surface area (Å²) in [6, 6.07) is 14.1. The molecule has 1 amide bonds. The fourth-order valence-corrected chi connectivity index (χ4v) is 5.80. The summed E-state index contributed by atoms with van der Waals surface area (Å²) in [4.78, 5) is 29.6. The van der Waals surface area contributed by atoms with Gasteiger partial charge < -0.3 is 9.47 Å². The second-order valence-electron chi connectivity index (χ2n) is 9.27. The lowest BCUT2D eigenvalue weighted by molar-refractivity contribution is -0.130. The molecule has 160 valence electrons. The molecule has 4 heterocycles. The Labute approximate surface area is 182 Å². The number of carbonyl (C=O) groups is 1. The first-order valence-electron chi connectivity index (χ1n) is 11.3. The Morgan fingerprint density at radius 1 is 1.10 bits per heavy atom. The van der Waals surface area contributed by atoms with Crippen molar-refractivity contribution in [3.63, 3.8) is 0 Å². The van der Waals surface area contributed by atoms with Gasteiger partial charge in [0.15, 0.2) is 0 Å². The summed E-state index contributed by atoms with van der Waals surface area (Å²) in [5.74, 6) is 1.04. The van der Waals surface area contributed by atoms with Gasteiger partial charge in [-0.05, 0) is 55.0 Å². The van der Waals surface area contributed by atoms with Crippen LogP contribution in [0.5, 0.6) is 0 Å². The van der Waals surface area contributed by atoms with Gasteiger partial charge in [-0.15, -0.1) is 0 Å². The predicted octanol–water partition coefficient (Wildman–Crippen LogP) is 2.82. The third kappa shape index (κ3) is 3.68. The van der Waals surface area contributed by atoms with Gasteiger partial charge in [0, 0.05) is 62.9 Å². The van der Waals surface area contributed by atoms with Crippen LogP contribution in [0, 0.1) is 17.2 Å². The highest BCUT2D eigenvalue weighted by molar-refractivity contribution is 5.73. The Bertz CT molecular complexity index is 1110. The average molecular weight is 417 g/mol. The van der Waals surface area contributed by atoms with Crippen molar-refractivity contribution in [2.75, 3.05) is 26.2 Å². The largest absolute Gasteiger partial charge is 0.343 e. The number of piperidine rings is 2. The molecule has 2 fully saturated rings. The lowest BCUT2D eigenvalue weighted by Crippen LogP contribution is -2.53. The number of amides is 1. The van der Waals surface area contributed by atoms with E-state index >= 15 is 0 Å². The molecule has 1 aromatic heterocycles. The standard InChI is InChI=1S/C25H28N4O2/c1-17(30)27-9-7-22(8-10-27)28-14-19-12-21(16-28)24-6-5-23(25(31)29(24)15-19)20-4-2-3-18(11-20)13-26/h2-6,11,19,21-22H,7-10,12,14-16H2,1H3. The van der Waals surface area contributed by atoms with Gasteiger partial charge in [0.25, 0.3) is 5.56 Å². The van der Waals surface area contributed by atoms with Gasteiger partial charge in [0.05, 0.1) is 11.6 Å². The quantitative estimate of drug-likeness (QED) is 0.755. The molecule has 3 aliphatic rings. The van der Waals surface area contributed by atoms with Gasteiger partial charge in [-0.25, -0.2) is 0 Å². The maximum absolute atomic E-state index is 13.4. The summed E-state index contributed by atoms with van der Waals surface area (Å²) >= 11 is 0. The van der Waals surface area contributed by atoms with Crippen LogP contribution in [0.25, 0.3) is 11.1 Å². The molecule has 0 radical (unpaired) electrons. The fraction of sp³-hybridized carbons (Fsp3) is 0.480. The van der Waals surface area contributed by atoms with Gasteiger partial charge >= 0.3 is 0 Å². The number of aromatic nitrogens is 1. The molecular formula is C25H28N4O2. The van der Waals surface area contributed by atoms with Crippen LogP contribution in [0.4, 0.5) is 0 Å². The predicted molar refractivity (Wildman–Crippen MR) is 119 cm³/mol. The summed E-state index contributed by atoms with van der Waals surface area (Å²) in [7, 11) is 0. The van der Waals surface area contributed by atoms with Crippen LogP contribution >= 0.6 is 0 Å². The van der Waals surface area contributed by atoms with E-state index in [2.05, 4.69) is 17.0 Å². The minimum absolute atomic E-state index is 0.0607. The van der Waals surface area contributed by atoms with E-state index in [9.17, 15) is 14.9 Å². The number of fused-ring (bicyclic) bond motifs is 4. The van der Waals surface area contributed by atoms with Gasteiger partial charge in [0.2, 0.25) is 5.91 Å². The zero-order valence-electron chi connectivity index (χ0n) is 18.0. The molecule has 6 heteroatoms. The van der Waals surface area contributed by atoms with E-state index in [0.29, 0.717) is 29.0 Å². The highest BCUT2D eigenvalue weighted by Crippen LogP contribution is 2.37. The Kier molecular flexibility index (Phi) is 5.15. The van der Waals surface area contributed by atoms with Crippen LogP contribution < -0.4 is 5.56 Å². The van der Waals surface area contributed by atoms with E-state index in [0.717, 1.165) is 63.2 Å². The van der Waals surface area contributed by atoms with E-state index in [4.69, 9.17) is 0 Å². The zero-order valence-corrected chi connectivity index (χ0v) is 18.0. The maximum Gasteiger partial charge on any atom is 0.258 e. The van der Waals surface area contributed by atoms with Gasteiger partial charge in [-0.1, -0.05) is 12.1 Å². The molecule has 2 unspecified atom stereocenters. The van der Waals surface area contributed by atoms with Crippen molar-refractivity contribution < 1.29 is 4.79 Å². The van der Waals surface area contributed by atoms with Crippen molar-refractivity contribution in [3.8, 4) is 17.2 Å². The first kappa shape index (κ1) is 20.0. The number of hydrogen-bond donors (Lipinski definition) is 0. The van der Waals surface area contributed by atoms with Crippen molar-refractivity contribution >= 4 is 5.91 Å². The summed E-state index contributed by atoms with van der Waals surface area (Å²) in [5.41, 5.74) is 3.27. The van der Waals surface area contributed by atoms with Crippen LogP contribution in [-0.2, 0) is 11.3 Å². The molecular weight excluding hydrogens is 388 g/mol. The lowest BCUT2D eigenvalue weighted by atomic mass is 9.81. The van der Waals surface area contributed by atoms with E-state index in [1.165, 1.54) is 0 Å². The highest BCUT2D eigenvalue weighted by atomic mass is 16.2. The zero-order chi connectivity index (χ0) is 21.5. The van der Waals surface area contributed by atoms with Gasteiger partial charge in [0.1, 0.15) is 0 Å². The summed E-state index contributed by atoms with van der Waals surface area (Å²) in [5, 5.41) is 9.20. The molecule has 1 aromatic carbocycles. The Morgan fingerprint density at radius 2 is 1.90 bits per heavy atom. The third-order valence-corrected chi connectivity index (χ3v) is 7.36. The number of hydrogen-bond acceptors (Lipinski definition) is 4. The lowest BCUT2D eigenvalue weighted by Gasteiger charge is -2.47. The average Bonchev–Trinajstić information content (AvgIpc) is 2.80. The molecule has 2 saturated heterocycles. The summed E-state index contributed by atoms with van der Waals surface area (Å²) in [6.45, 7) is 6.15. The van der Waals surface area contributed by atoms with Crippen LogP contribution in [0.15, 0.2) is 41.2 Å². The van der Waals surface area contributed by atoms with Crippen LogP contribution in [-0.4, -0.2) is 52.5 Å². The second kappa shape index (κ2) is 7.97. The number of pyridine rings is 1. The van der Waals surface area contributed by atoms with Crippen molar-refractivity contribution in [2.45, 2.75) is 44.7 Å². The van der Waals surface area contributed by atoms with Crippen LogP contribution in [0.3, 0.4) is 0 Å². The maximum atomic E-state index is 13.4. The number of carbonyl (C=O) groups excluding carboxylic acids is 1. The molecule has 0 aliphatic carbocycles. The Hall–Kier alpha value is -2.91. The topological polar surface area (TPSA) is 69.3 Å². The van der Waals surface area contributed by atoms with E-state index in [1.54, 1.807) is 19.1 Å². The summed E-state index contributed by atoms with van der Waals surface area (Å²) in [6.07, 6.45) is 3.23. The minimum atomic E-state index is 0.0607. The summed E-state index contributed by atoms with van der Waals surface area (Å²) < 4.78 is 1.99. The first-order chi connectivity index (χ1) is 15.0. The number of benzene rings is 1. The van der Waals surface area contributed by atoms with Crippen molar-refractivity contribution in [3.05, 3.63) is 58.0 Å². The molecule has 2 atom stereocenters. The first-order valence-corrected chi connectivity index (χ1v) is 11.3. The molecule has 0 saturated carbocycles. The Balaban J connectivity index is 1.38. The fourth-order valence-electron chi connectivity index (χ4n) is 5.80. The molecule has 3 aliphatic heterocycles. The SMILES string of the molecule is CC(=O)N1CCC(N2CC3CC(C2)c2ccc(-c4cccc(C#N)c4)c(=O)n2C3)CC1. The second-order valence-corrected chi connectivity index (χ2v) is 9.27. The molecule has 5 rings (SSSR count). The van der Waals surface area contributed by atoms with E-state index in [-0.39, 0.29) is 11.5 Å². The van der Waals surface area contributed by atoms with E-state index in [1.807, 2.05) is 27.7 Å². The number of nitrogens with zero attached hydrogens (tertiary/aromatic N) is 4. The molecule has 2 aromatic rings. The van der Waals surface area contributed by atoms with Crippen molar-refractivity contribution in [2.24, 2.45) is 5.92 Å². The van der Waals surface area contributed by atoms with Gasteiger partial charge in [-0.3, -0.25) is 14.5 Å². The van der Waals surface area contributed by atoms with Crippen molar-refractivity contribution in [1.29, 1.82) is 5.26 Å². The minimum Gasteiger partial charge on any atom is -0.343 e. The highest BCUT2D eigenvalue weighted by Gasteiger charge is 2.38. The molecule has 0 N–H and O–H groups in total. The third-order valence-electron chi connectivity index (χ3n) is 7.36. The van der Waals surface area contributed by atoms with Gasteiger partial charge in [-0.2, -0.15) is 5.26 Å². The number of likely N-dealkylation sites (tertiary alicyclic amines) is 2. The molecule has 2 bridgehead atoms. The number of rotatable bonds is 2. The smallest absolute Gasteiger partial charge is 0.258 e. The van der Waals surface area contributed by atoms with E-state index < -0.39 is 0 Å². The Morgan fingerprint density at radius 3 is 2.65 bits per heavy atom. The monoisotopic (exact) mass is 416 g/mol. The normalized spacial score (nSPS) is 23.8. The molecule has 6 nitrogen and oxygen atoms in total.